The number of benzene rings is 2. The lowest BCUT2D eigenvalue weighted by Crippen LogP contribution is -2.23. The van der Waals surface area contributed by atoms with Crippen LogP contribution in [0.3, 0.4) is 0 Å². The third-order valence-corrected chi connectivity index (χ3v) is 10.6. The summed E-state index contributed by atoms with van der Waals surface area (Å²) >= 11 is 0. The molecule has 270 valence electrons. The predicted molar refractivity (Wildman–Crippen MR) is 198 cm³/mol. The number of hydrogen-bond acceptors (Lipinski definition) is 7. The first-order valence-electron chi connectivity index (χ1n) is 19.2. The van der Waals surface area contributed by atoms with Crippen molar-refractivity contribution in [1.29, 1.82) is 0 Å². The van der Waals surface area contributed by atoms with Gasteiger partial charge in [0.05, 0.1) is 37.6 Å². The van der Waals surface area contributed by atoms with Crippen LogP contribution in [0.25, 0.3) is 11.1 Å². The first-order valence-corrected chi connectivity index (χ1v) is 19.2. The summed E-state index contributed by atoms with van der Waals surface area (Å²) in [7, 11) is 0. The van der Waals surface area contributed by atoms with Crippen LogP contribution >= 0.6 is 0 Å². The van der Waals surface area contributed by atoms with Crippen molar-refractivity contribution in [1.82, 2.24) is 0 Å². The van der Waals surface area contributed by atoms with Crippen LogP contribution in [0.5, 0.6) is 0 Å². The van der Waals surface area contributed by atoms with E-state index in [9.17, 15) is 9.70 Å². The molecule has 7 heteroatoms. The topological polar surface area (TPSA) is 94.4 Å². The Labute approximate surface area is 295 Å². The minimum Gasteiger partial charge on any atom is -0.460 e. The van der Waals surface area contributed by atoms with Gasteiger partial charge in [-0.2, -0.15) is 4.91 Å². The van der Waals surface area contributed by atoms with E-state index in [4.69, 9.17) is 19.3 Å². The Kier molecular flexibility index (Phi) is 17.0. The number of nitrogens with zero attached hydrogens (tertiary/aromatic N) is 1. The zero-order chi connectivity index (χ0) is 34.8. The van der Waals surface area contributed by atoms with Crippen LogP contribution in [0.1, 0.15) is 138 Å². The van der Waals surface area contributed by atoms with Crippen molar-refractivity contribution >= 4 is 5.97 Å². The fourth-order valence-corrected chi connectivity index (χ4v) is 7.83. The lowest BCUT2D eigenvalue weighted by molar-refractivity contribution is -0.141. The number of esters is 1. The third kappa shape index (κ3) is 12.1. The summed E-state index contributed by atoms with van der Waals surface area (Å²) in [6.07, 6.45) is 18.8. The first-order chi connectivity index (χ1) is 24.0. The van der Waals surface area contributed by atoms with Gasteiger partial charge in [-0.05, 0) is 122 Å². The molecule has 2 aliphatic carbocycles. The van der Waals surface area contributed by atoms with E-state index in [-0.39, 0.29) is 37.5 Å². The molecule has 1 N–H and O–H groups in total. The number of rotatable bonds is 21. The number of nitroso groups, excluding NO2 is 1. The van der Waals surface area contributed by atoms with E-state index < -0.39 is 5.97 Å². The molecule has 49 heavy (non-hydrogen) atoms. The summed E-state index contributed by atoms with van der Waals surface area (Å²) in [4.78, 5) is 22.2. The van der Waals surface area contributed by atoms with Gasteiger partial charge in [-0.15, -0.1) is 0 Å². The number of carbonyl (C=O) groups excluding carboxylic acids is 1. The summed E-state index contributed by atoms with van der Waals surface area (Å²) in [5.41, 5.74) is 8.82. The van der Waals surface area contributed by atoms with Gasteiger partial charge in [-0.3, -0.25) is 0 Å². The van der Waals surface area contributed by atoms with Crippen molar-refractivity contribution in [2.45, 2.75) is 141 Å². The molecule has 7 nitrogen and oxygen atoms in total. The Balaban J connectivity index is 1.43. The van der Waals surface area contributed by atoms with E-state index in [1.165, 1.54) is 71.9 Å². The van der Waals surface area contributed by atoms with Gasteiger partial charge in [0.1, 0.15) is 13.2 Å². The average Bonchev–Trinajstić information content (AvgIpc) is 3.13. The van der Waals surface area contributed by atoms with Crippen LogP contribution in [-0.4, -0.2) is 56.3 Å². The van der Waals surface area contributed by atoms with Crippen LogP contribution in [0.15, 0.2) is 53.7 Å². The molecule has 0 amide bonds. The van der Waals surface area contributed by atoms with Gasteiger partial charge >= 0.3 is 5.97 Å². The minimum absolute atomic E-state index is 0.0699. The number of aryl methyl sites for hydroxylation is 2. The molecular weight excluding hydrogens is 614 g/mol. The van der Waals surface area contributed by atoms with Gasteiger partial charge in [0.25, 0.3) is 0 Å². The van der Waals surface area contributed by atoms with Crippen LogP contribution < -0.4 is 0 Å². The molecule has 0 unspecified atom stereocenters. The van der Waals surface area contributed by atoms with Crippen molar-refractivity contribution in [3.05, 3.63) is 75.7 Å². The van der Waals surface area contributed by atoms with Crippen LogP contribution in [-0.2, 0) is 31.8 Å². The SMILES string of the molecule is C=C(CN=O)C(=O)OCCOC1CCC(c2ccc(-c3ccc(C4CCC(OCCO)CC4)c(CCCCC)c3)cc2CCCCC)CC1. The lowest BCUT2D eigenvalue weighted by Gasteiger charge is -2.31. The third-order valence-electron chi connectivity index (χ3n) is 10.6. The van der Waals surface area contributed by atoms with E-state index in [1.54, 1.807) is 0 Å². The number of aliphatic hydroxyl groups excluding tert-OH is 1. The van der Waals surface area contributed by atoms with Gasteiger partial charge in [0.2, 0.25) is 0 Å². The second-order valence-electron chi connectivity index (χ2n) is 14.2. The molecule has 2 saturated carbocycles. The molecule has 2 fully saturated rings. The van der Waals surface area contributed by atoms with Crippen LogP contribution in [0.2, 0.25) is 0 Å². The molecular formula is C42H61NO6. The molecule has 0 saturated heterocycles. The first kappa shape index (κ1) is 38.9. The lowest BCUT2D eigenvalue weighted by atomic mass is 9.78. The Bertz CT molecular complexity index is 1310. The zero-order valence-corrected chi connectivity index (χ0v) is 30.3. The Morgan fingerprint density at radius 1 is 0.735 bits per heavy atom. The van der Waals surface area contributed by atoms with E-state index in [1.807, 2.05) is 0 Å². The molecule has 0 aromatic heterocycles. The normalized spacial score (nSPS) is 21.0. The van der Waals surface area contributed by atoms with Crippen molar-refractivity contribution in [3.63, 3.8) is 0 Å². The van der Waals surface area contributed by atoms with E-state index in [0.717, 1.165) is 64.2 Å². The standard InChI is InChI=1S/C42H61NO6/c1-4-6-8-10-36-28-34(16-22-40(36)32-12-18-38(19-13-32)47-25-24-44)35-17-23-41(37(29-35)11-9-7-5-2)33-14-20-39(21-15-33)48-26-27-49-42(45)31(3)30-43-46/h16-17,22-23,28-29,32-33,38-39,44H,3-15,18-21,24-27,30H2,1-2H3. The fraction of sp³-hybridized carbons (Fsp3) is 0.643. The Morgan fingerprint density at radius 2 is 1.22 bits per heavy atom. The maximum atomic E-state index is 11.8. The molecule has 2 aromatic carbocycles. The van der Waals surface area contributed by atoms with Crippen molar-refractivity contribution in [2.75, 3.05) is 33.0 Å². The predicted octanol–water partition coefficient (Wildman–Crippen LogP) is 9.76. The second-order valence-corrected chi connectivity index (χ2v) is 14.2. The number of hydrogen-bond donors (Lipinski definition) is 1. The number of carbonyl (C=O) groups is 1. The summed E-state index contributed by atoms with van der Waals surface area (Å²) in [6.45, 7) is 8.89. The fourth-order valence-electron chi connectivity index (χ4n) is 7.83. The average molecular weight is 676 g/mol. The molecule has 2 aromatic rings. The van der Waals surface area contributed by atoms with Gasteiger partial charge in [-0.25, -0.2) is 4.79 Å². The summed E-state index contributed by atoms with van der Waals surface area (Å²) in [6, 6.07) is 14.6. The highest BCUT2D eigenvalue weighted by Gasteiger charge is 2.26. The monoisotopic (exact) mass is 675 g/mol. The zero-order valence-electron chi connectivity index (χ0n) is 30.3. The molecule has 0 bridgehead atoms. The summed E-state index contributed by atoms with van der Waals surface area (Å²) in [5.74, 6) is 0.538. The molecule has 4 rings (SSSR count). The van der Waals surface area contributed by atoms with Gasteiger partial charge in [-0.1, -0.05) is 87.7 Å². The molecule has 0 atom stereocenters. The van der Waals surface area contributed by atoms with E-state index in [0.29, 0.717) is 25.0 Å². The van der Waals surface area contributed by atoms with Gasteiger partial charge < -0.3 is 19.3 Å². The van der Waals surface area contributed by atoms with Gasteiger partial charge in [0.15, 0.2) is 0 Å². The molecule has 0 spiro atoms. The van der Waals surface area contributed by atoms with Crippen molar-refractivity contribution < 1.29 is 24.1 Å². The van der Waals surface area contributed by atoms with Crippen molar-refractivity contribution in [2.24, 2.45) is 5.18 Å². The van der Waals surface area contributed by atoms with E-state index >= 15 is 0 Å². The quantitative estimate of drug-likeness (QED) is 0.0613. The highest BCUT2D eigenvalue weighted by Crippen LogP contribution is 2.40. The maximum Gasteiger partial charge on any atom is 0.335 e. The summed E-state index contributed by atoms with van der Waals surface area (Å²) in [5, 5.41) is 11.9. The second kappa shape index (κ2) is 21.4. The smallest absolute Gasteiger partial charge is 0.335 e. The highest BCUT2D eigenvalue weighted by atomic mass is 16.6. The Morgan fingerprint density at radius 3 is 1.67 bits per heavy atom. The van der Waals surface area contributed by atoms with Crippen LogP contribution in [0.4, 0.5) is 0 Å². The molecule has 0 heterocycles. The number of ether oxygens (including phenoxy) is 3. The highest BCUT2D eigenvalue weighted by molar-refractivity contribution is 5.88. The van der Waals surface area contributed by atoms with Gasteiger partial charge in [0, 0.05) is 0 Å². The molecule has 0 aliphatic heterocycles. The Hall–Kier alpha value is -2.87. The molecule has 2 aliphatic rings. The largest absolute Gasteiger partial charge is 0.460 e. The number of unbranched alkanes of at least 4 members (excludes halogenated alkanes) is 4. The van der Waals surface area contributed by atoms with Crippen molar-refractivity contribution in [3.8, 4) is 11.1 Å². The minimum atomic E-state index is -0.585. The summed E-state index contributed by atoms with van der Waals surface area (Å²) < 4.78 is 17.1. The molecule has 0 radical (unpaired) electrons. The maximum absolute atomic E-state index is 11.8. The van der Waals surface area contributed by atoms with E-state index in [2.05, 4.69) is 62.0 Å². The number of aliphatic hydroxyl groups is 1. The van der Waals surface area contributed by atoms with Crippen LogP contribution in [0, 0.1) is 4.91 Å².